The number of carbonyl (C=O) groups is 3. The minimum atomic E-state index is -2.49. The fourth-order valence-corrected chi connectivity index (χ4v) is 7.51. The molecular weight excluding hydrogens is 510 g/mol. The number of hydrogen-bond acceptors (Lipinski definition) is 8. The van der Waals surface area contributed by atoms with Gasteiger partial charge in [0.25, 0.3) is 0 Å². The van der Waals surface area contributed by atoms with Crippen molar-refractivity contribution in [3.63, 3.8) is 0 Å². The van der Waals surface area contributed by atoms with E-state index in [-0.39, 0.29) is 29.7 Å². The molecule has 3 atom stereocenters. The lowest BCUT2D eigenvalue weighted by atomic mass is 9.59. The molecule has 0 bridgehead atoms. The summed E-state index contributed by atoms with van der Waals surface area (Å²) in [6.07, 6.45) is 7.57. The van der Waals surface area contributed by atoms with Gasteiger partial charge in [-0.15, -0.1) is 0 Å². The number of hydrogen-bond donors (Lipinski definition) is 4. The molecule has 5 rings (SSSR count). The normalized spacial score (nSPS) is 26.8. The zero-order valence-electron chi connectivity index (χ0n) is 23.5. The van der Waals surface area contributed by atoms with Crippen LogP contribution in [-0.4, -0.2) is 57.5 Å². The molecule has 4 aliphatic rings. The van der Waals surface area contributed by atoms with Gasteiger partial charge in [-0.2, -0.15) is 0 Å². The first-order valence-corrected chi connectivity index (χ1v) is 14.3. The molecule has 0 unspecified atom stereocenters. The van der Waals surface area contributed by atoms with Gasteiger partial charge < -0.3 is 25.3 Å². The van der Waals surface area contributed by atoms with Crippen molar-refractivity contribution in [2.45, 2.75) is 76.7 Å². The van der Waals surface area contributed by atoms with Crippen LogP contribution in [0.25, 0.3) is 5.76 Å². The average Bonchev–Trinajstić information content (AvgIpc) is 2.88. The number of aliphatic hydroxyl groups excluding tert-OH is 2. The van der Waals surface area contributed by atoms with Gasteiger partial charge in [-0.1, -0.05) is 44.3 Å². The van der Waals surface area contributed by atoms with E-state index >= 15 is 0 Å². The van der Waals surface area contributed by atoms with Crippen LogP contribution in [0.2, 0.25) is 0 Å². The summed E-state index contributed by atoms with van der Waals surface area (Å²) in [5, 5.41) is 45.4. The van der Waals surface area contributed by atoms with Crippen molar-refractivity contribution in [3.05, 3.63) is 51.8 Å². The topological polar surface area (TPSA) is 135 Å². The van der Waals surface area contributed by atoms with Crippen LogP contribution in [0, 0.1) is 17.8 Å². The molecule has 4 N–H and O–H groups in total. The van der Waals surface area contributed by atoms with Crippen LogP contribution in [0.5, 0.6) is 5.75 Å². The molecule has 4 aliphatic carbocycles. The van der Waals surface area contributed by atoms with Gasteiger partial charge in [0, 0.05) is 43.3 Å². The number of benzene rings is 1. The van der Waals surface area contributed by atoms with Crippen molar-refractivity contribution in [1.82, 2.24) is 0 Å². The Morgan fingerprint density at radius 2 is 1.77 bits per heavy atom. The number of anilines is 1. The van der Waals surface area contributed by atoms with E-state index in [1.807, 2.05) is 25.1 Å². The van der Waals surface area contributed by atoms with Crippen molar-refractivity contribution in [2.75, 3.05) is 19.0 Å². The van der Waals surface area contributed by atoms with Gasteiger partial charge in [-0.05, 0) is 56.1 Å². The summed E-state index contributed by atoms with van der Waals surface area (Å²) >= 11 is 0. The van der Waals surface area contributed by atoms with Crippen LogP contribution in [0.1, 0.15) is 75.0 Å². The zero-order valence-corrected chi connectivity index (χ0v) is 23.5. The molecule has 214 valence electrons. The lowest BCUT2D eigenvalue weighted by molar-refractivity contribution is -0.147. The average molecular weight is 550 g/mol. The number of nitrogens with zero attached hydrogens (tertiary/aromatic N) is 1. The second kappa shape index (κ2) is 10.2. The number of phenols is 1. The van der Waals surface area contributed by atoms with Gasteiger partial charge in [0.05, 0.1) is 5.56 Å². The standard InChI is InChI=1S/C32H39NO7/c1-16(10-18-8-6-5-7-9-18)11-20-14-23(33(3)4)22-13-19-12-21-15-24(35)25(17(2)34)30(38)32(21,40)31(39)26(19)29(37)27(22)28(20)36/h14,18-19,21,36-38,40H,1,5-13,15H2,2-4H3/t19-,21+,32-/m1/s1. The Bertz CT molecular complexity index is 1380. The van der Waals surface area contributed by atoms with Gasteiger partial charge in [-0.25, -0.2) is 0 Å². The lowest BCUT2D eigenvalue weighted by Gasteiger charge is -2.46. The maximum atomic E-state index is 13.8. The van der Waals surface area contributed by atoms with Crippen LogP contribution < -0.4 is 4.90 Å². The summed E-state index contributed by atoms with van der Waals surface area (Å²) in [7, 11) is 3.75. The summed E-state index contributed by atoms with van der Waals surface area (Å²) in [5.74, 6) is -4.65. The zero-order chi connectivity index (χ0) is 29.1. The number of phenolic OH excluding ortho intramolecular Hbond substituents is 1. The van der Waals surface area contributed by atoms with Crippen LogP contribution in [0.4, 0.5) is 5.69 Å². The molecule has 0 aromatic heterocycles. The number of Topliss-reactive ketones (excluding diaryl/α,β-unsaturated/α-hetero) is 3. The molecule has 2 saturated carbocycles. The largest absolute Gasteiger partial charge is 0.508 e. The maximum absolute atomic E-state index is 13.8. The van der Waals surface area contributed by atoms with Crippen molar-refractivity contribution >= 4 is 28.8 Å². The number of rotatable bonds is 6. The monoisotopic (exact) mass is 549 g/mol. The molecular formula is C32H39NO7. The smallest absolute Gasteiger partial charge is 0.202 e. The summed E-state index contributed by atoms with van der Waals surface area (Å²) in [6.45, 7) is 5.38. The Morgan fingerprint density at radius 3 is 2.40 bits per heavy atom. The summed E-state index contributed by atoms with van der Waals surface area (Å²) in [6, 6.07) is 1.91. The Kier molecular flexibility index (Phi) is 7.19. The van der Waals surface area contributed by atoms with Gasteiger partial charge in [0.15, 0.2) is 17.2 Å². The van der Waals surface area contributed by atoms with Crippen molar-refractivity contribution in [3.8, 4) is 5.75 Å². The van der Waals surface area contributed by atoms with E-state index < -0.39 is 51.9 Å². The minimum absolute atomic E-state index is 0.0896. The molecule has 0 radical (unpaired) electrons. The van der Waals surface area contributed by atoms with E-state index in [1.165, 1.54) is 32.1 Å². The summed E-state index contributed by atoms with van der Waals surface area (Å²) in [4.78, 5) is 40.5. The number of aliphatic hydroxyl groups is 3. The summed E-state index contributed by atoms with van der Waals surface area (Å²) < 4.78 is 0. The molecule has 40 heavy (non-hydrogen) atoms. The minimum Gasteiger partial charge on any atom is -0.508 e. The third-order valence-corrected chi connectivity index (χ3v) is 9.45. The Labute approximate surface area is 234 Å². The highest BCUT2D eigenvalue weighted by Crippen LogP contribution is 2.53. The number of fused-ring (bicyclic) bond motifs is 3. The van der Waals surface area contributed by atoms with Crippen LogP contribution >= 0.6 is 0 Å². The van der Waals surface area contributed by atoms with E-state index in [0.29, 0.717) is 29.9 Å². The van der Waals surface area contributed by atoms with Crippen LogP contribution in [0.15, 0.2) is 35.1 Å². The lowest BCUT2D eigenvalue weighted by Crippen LogP contribution is -2.57. The highest BCUT2D eigenvalue weighted by atomic mass is 16.3. The molecule has 0 spiro atoms. The number of ketones is 3. The molecule has 1 aromatic carbocycles. The van der Waals surface area contributed by atoms with E-state index in [1.54, 1.807) is 0 Å². The third-order valence-electron chi connectivity index (χ3n) is 9.45. The highest BCUT2D eigenvalue weighted by Gasteiger charge is 2.60. The Morgan fingerprint density at radius 1 is 1.10 bits per heavy atom. The Balaban J connectivity index is 1.58. The second-order valence-electron chi connectivity index (χ2n) is 12.4. The maximum Gasteiger partial charge on any atom is 0.202 e. The molecule has 2 fully saturated rings. The van der Waals surface area contributed by atoms with E-state index in [9.17, 15) is 34.8 Å². The SMILES string of the molecule is C=C(Cc1cc(N(C)C)c2c(c1O)C(O)=C1C(=O)[C@]3(O)C(O)=C(C(C)=O)C(=O)C[C@@H]3C[C@@H]1C2)CC1CCCCC1. The van der Waals surface area contributed by atoms with E-state index in [2.05, 4.69) is 6.58 Å². The number of allylic oxidation sites excluding steroid dienone is 2. The van der Waals surface area contributed by atoms with Gasteiger partial charge in [0.2, 0.25) is 5.78 Å². The van der Waals surface area contributed by atoms with Crippen molar-refractivity contribution in [2.24, 2.45) is 17.8 Å². The predicted molar refractivity (Wildman–Crippen MR) is 151 cm³/mol. The first-order chi connectivity index (χ1) is 18.9. The molecule has 0 aliphatic heterocycles. The molecule has 1 aromatic rings. The van der Waals surface area contributed by atoms with Crippen molar-refractivity contribution < 1.29 is 34.8 Å². The third kappa shape index (κ3) is 4.37. The second-order valence-corrected chi connectivity index (χ2v) is 12.4. The van der Waals surface area contributed by atoms with Crippen LogP contribution in [-0.2, 0) is 27.2 Å². The fraction of sp³-hybridized carbons (Fsp3) is 0.531. The Hall–Kier alpha value is -3.39. The first kappa shape index (κ1) is 28.1. The molecule has 8 heteroatoms. The summed E-state index contributed by atoms with van der Waals surface area (Å²) in [5.41, 5.74) is 0.0735. The molecule has 8 nitrogen and oxygen atoms in total. The predicted octanol–water partition coefficient (Wildman–Crippen LogP) is 4.66. The quantitative estimate of drug-likeness (QED) is 0.297. The van der Waals surface area contributed by atoms with E-state index in [0.717, 1.165) is 24.6 Å². The number of aromatic hydroxyl groups is 1. The highest BCUT2D eigenvalue weighted by molar-refractivity contribution is 6.23. The van der Waals surface area contributed by atoms with Gasteiger partial charge >= 0.3 is 0 Å². The van der Waals surface area contributed by atoms with Gasteiger partial charge in [-0.3, -0.25) is 14.4 Å². The molecule has 0 heterocycles. The fourth-order valence-electron chi connectivity index (χ4n) is 7.51. The molecule has 0 amide bonds. The van der Waals surface area contributed by atoms with Crippen molar-refractivity contribution in [1.29, 1.82) is 0 Å². The van der Waals surface area contributed by atoms with E-state index in [4.69, 9.17) is 0 Å². The number of carbonyl (C=O) groups excluding carboxylic acids is 3. The molecule has 0 saturated heterocycles. The van der Waals surface area contributed by atoms with Crippen LogP contribution in [0.3, 0.4) is 0 Å². The van der Waals surface area contributed by atoms with Gasteiger partial charge in [0.1, 0.15) is 22.8 Å². The first-order valence-electron chi connectivity index (χ1n) is 14.3.